The second-order valence-electron chi connectivity index (χ2n) is 8.23. The van der Waals surface area contributed by atoms with Crippen molar-refractivity contribution >= 4 is 41.2 Å². The van der Waals surface area contributed by atoms with Crippen LogP contribution in [0.3, 0.4) is 0 Å². The molecule has 1 saturated heterocycles. The van der Waals surface area contributed by atoms with Gasteiger partial charge in [-0.05, 0) is 72.3 Å². The lowest BCUT2D eigenvalue weighted by molar-refractivity contribution is 0.247. The summed E-state index contributed by atoms with van der Waals surface area (Å²) in [5.74, 6) is 2.11. The fraction of sp³-hybridized carbons (Fsp3) is 0.520. The second kappa shape index (κ2) is 11.5. The van der Waals surface area contributed by atoms with Gasteiger partial charge in [-0.3, -0.25) is 4.90 Å². The molecule has 0 radical (unpaired) electrons. The third-order valence-electron chi connectivity index (χ3n) is 6.11. The first-order valence-corrected chi connectivity index (χ1v) is 14.4. The van der Waals surface area contributed by atoms with Crippen LogP contribution in [-0.4, -0.2) is 66.5 Å². The molecule has 0 bridgehead atoms. The van der Waals surface area contributed by atoms with E-state index in [-0.39, 0.29) is 9.90 Å². The van der Waals surface area contributed by atoms with Crippen molar-refractivity contribution in [2.45, 2.75) is 29.2 Å². The standard InChI is InChI=1S/C25H34FN3S3/c1-3-30-25(31-4-2)20-29(32-24-9-6-5-8-23(24)25)15-7-14-27-16-18-28(19-17-27)22-12-10-21(26)11-13-22/h5-6,8-13H,3-4,7,14-20H2,1-2H3. The molecule has 0 aromatic heterocycles. The number of nitrogens with zero attached hydrogens (tertiary/aromatic N) is 3. The van der Waals surface area contributed by atoms with Crippen LogP contribution in [0.1, 0.15) is 25.8 Å². The molecule has 174 valence electrons. The molecule has 0 N–H and O–H groups in total. The monoisotopic (exact) mass is 491 g/mol. The Balaban J connectivity index is 1.29. The molecule has 0 unspecified atom stereocenters. The number of benzene rings is 2. The number of rotatable bonds is 9. The van der Waals surface area contributed by atoms with Crippen LogP contribution in [0.4, 0.5) is 10.1 Å². The Morgan fingerprint density at radius 1 is 0.906 bits per heavy atom. The van der Waals surface area contributed by atoms with E-state index in [1.165, 1.54) is 16.9 Å². The molecular weight excluding hydrogens is 457 g/mol. The molecule has 0 amide bonds. The van der Waals surface area contributed by atoms with Gasteiger partial charge in [-0.1, -0.05) is 32.0 Å². The average molecular weight is 492 g/mol. The maximum Gasteiger partial charge on any atom is 0.123 e. The molecule has 0 spiro atoms. The Bertz CT molecular complexity index is 850. The summed E-state index contributed by atoms with van der Waals surface area (Å²) in [7, 11) is 0. The predicted molar refractivity (Wildman–Crippen MR) is 141 cm³/mol. The molecule has 0 aliphatic carbocycles. The maximum atomic E-state index is 13.2. The van der Waals surface area contributed by atoms with Crippen molar-refractivity contribution in [3.63, 3.8) is 0 Å². The van der Waals surface area contributed by atoms with E-state index in [4.69, 9.17) is 0 Å². The minimum atomic E-state index is -0.163. The highest BCUT2D eigenvalue weighted by atomic mass is 32.2. The fourth-order valence-corrected chi connectivity index (χ4v) is 9.25. The van der Waals surface area contributed by atoms with E-state index in [9.17, 15) is 4.39 Å². The first kappa shape index (κ1) is 24.3. The normalized spacial score (nSPS) is 19.2. The van der Waals surface area contributed by atoms with Crippen molar-refractivity contribution in [2.75, 3.05) is 62.2 Å². The van der Waals surface area contributed by atoms with Crippen molar-refractivity contribution in [1.29, 1.82) is 0 Å². The van der Waals surface area contributed by atoms with E-state index >= 15 is 0 Å². The molecule has 32 heavy (non-hydrogen) atoms. The molecule has 0 saturated carbocycles. The Morgan fingerprint density at radius 2 is 1.59 bits per heavy atom. The Hall–Kier alpha value is -0.860. The average Bonchev–Trinajstić information content (AvgIpc) is 2.81. The molecule has 2 aromatic carbocycles. The third-order valence-corrected chi connectivity index (χ3v) is 10.1. The minimum absolute atomic E-state index is 0.145. The summed E-state index contributed by atoms with van der Waals surface area (Å²) in [5, 5.41) is 0. The van der Waals surface area contributed by atoms with Gasteiger partial charge in [0.2, 0.25) is 0 Å². The molecule has 2 aliphatic heterocycles. The van der Waals surface area contributed by atoms with Gasteiger partial charge in [0.1, 0.15) is 9.90 Å². The number of anilines is 1. The number of thioether (sulfide) groups is 2. The first-order chi connectivity index (χ1) is 15.6. The van der Waals surface area contributed by atoms with E-state index in [0.717, 1.165) is 63.0 Å². The van der Waals surface area contributed by atoms with Gasteiger partial charge in [0.25, 0.3) is 0 Å². The minimum Gasteiger partial charge on any atom is -0.369 e. The zero-order valence-electron chi connectivity index (χ0n) is 19.1. The van der Waals surface area contributed by atoms with Crippen LogP contribution >= 0.6 is 35.5 Å². The van der Waals surface area contributed by atoms with Crippen LogP contribution in [0.15, 0.2) is 53.4 Å². The molecular formula is C25H34FN3S3. The zero-order chi connectivity index (χ0) is 22.4. The van der Waals surface area contributed by atoms with Crippen molar-refractivity contribution in [2.24, 2.45) is 0 Å². The van der Waals surface area contributed by atoms with Crippen LogP contribution in [0, 0.1) is 5.82 Å². The highest BCUT2D eigenvalue weighted by Gasteiger charge is 2.40. The lowest BCUT2D eigenvalue weighted by Gasteiger charge is -2.42. The molecule has 4 rings (SSSR count). The predicted octanol–water partition coefficient (Wildman–Crippen LogP) is 6.02. The Kier molecular flexibility index (Phi) is 8.74. The van der Waals surface area contributed by atoms with Crippen LogP contribution in [0.5, 0.6) is 0 Å². The van der Waals surface area contributed by atoms with E-state index < -0.39 is 0 Å². The summed E-state index contributed by atoms with van der Waals surface area (Å²) in [4.78, 5) is 6.37. The molecule has 3 nitrogen and oxygen atoms in total. The summed E-state index contributed by atoms with van der Waals surface area (Å²) in [6, 6.07) is 15.9. The van der Waals surface area contributed by atoms with Crippen molar-refractivity contribution < 1.29 is 4.39 Å². The number of fused-ring (bicyclic) bond motifs is 1. The van der Waals surface area contributed by atoms with Gasteiger partial charge in [-0.2, -0.15) is 0 Å². The number of halogens is 1. The molecule has 0 atom stereocenters. The van der Waals surface area contributed by atoms with Gasteiger partial charge < -0.3 is 4.90 Å². The maximum absolute atomic E-state index is 13.2. The van der Waals surface area contributed by atoms with Gasteiger partial charge >= 0.3 is 0 Å². The van der Waals surface area contributed by atoms with E-state index in [1.807, 2.05) is 24.1 Å². The van der Waals surface area contributed by atoms with Crippen LogP contribution < -0.4 is 4.90 Å². The van der Waals surface area contributed by atoms with Crippen LogP contribution in [-0.2, 0) is 4.08 Å². The van der Waals surface area contributed by atoms with Gasteiger partial charge in [0.05, 0.1) is 0 Å². The molecule has 1 fully saturated rings. The molecule has 2 aliphatic rings. The lowest BCUT2D eigenvalue weighted by atomic mass is 10.1. The number of piperazine rings is 1. The van der Waals surface area contributed by atoms with Crippen molar-refractivity contribution in [3.05, 3.63) is 59.9 Å². The largest absolute Gasteiger partial charge is 0.369 e. The van der Waals surface area contributed by atoms with E-state index in [0.29, 0.717) is 0 Å². The highest BCUT2D eigenvalue weighted by Crippen LogP contribution is 2.54. The second-order valence-corrected chi connectivity index (χ2v) is 12.8. The van der Waals surface area contributed by atoms with Crippen LogP contribution in [0.2, 0.25) is 0 Å². The Morgan fingerprint density at radius 3 is 2.28 bits per heavy atom. The van der Waals surface area contributed by atoms with Crippen LogP contribution in [0.25, 0.3) is 0 Å². The molecule has 7 heteroatoms. The third kappa shape index (κ3) is 5.79. The molecule has 2 heterocycles. The summed E-state index contributed by atoms with van der Waals surface area (Å²) < 4.78 is 15.9. The number of hydrogen-bond acceptors (Lipinski definition) is 6. The number of hydrogen-bond donors (Lipinski definition) is 0. The van der Waals surface area contributed by atoms with Gasteiger partial charge in [-0.25, -0.2) is 8.70 Å². The van der Waals surface area contributed by atoms with Crippen molar-refractivity contribution in [3.8, 4) is 0 Å². The lowest BCUT2D eigenvalue weighted by Crippen LogP contribution is -2.47. The topological polar surface area (TPSA) is 9.72 Å². The molecule has 2 aromatic rings. The first-order valence-electron chi connectivity index (χ1n) is 11.7. The summed E-state index contributed by atoms with van der Waals surface area (Å²) >= 11 is 6.15. The van der Waals surface area contributed by atoms with Gasteiger partial charge in [0, 0.05) is 49.9 Å². The Labute approximate surface area is 205 Å². The SMILES string of the molecule is CCSC1(SCC)CN(CCCN2CCN(c3ccc(F)cc3)CC2)Sc2ccccc21. The fourth-order valence-electron chi connectivity index (χ4n) is 4.58. The van der Waals surface area contributed by atoms with E-state index in [2.05, 4.69) is 75.7 Å². The smallest absolute Gasteiger partial charge is 0.123 e. The highest BCUT2D eigenvalue weighted by molar-refractivity contribution is 8.17. The van der Waals surface area contributed by atoms with Gasteiger partial charge in [0.15, 0.2) is 0 Å². The zero-order valence-corrected chi connectivity index (χ0v) is 21.6. The van der Waals surface area contributed by atoms with E-state index in [1.54, 1.807) is 12.1 Å². The van der Waals surface area contributed by atoms with Gasteiger partial charge in [-0.15, -0.1) is 23.5 Å². The summed E-state index contributed by atoms with van der Waals surface area (Å²) in [5.41, 5.74) is 2.64. The summed E-state index contributed by atoms with van der Waals surface area (Å²) in [6.45, 7) is 12.1. The summed E-state index contributed by atoms with van der Waals surface area (Å²) in [6.07, 6.45) is 1.19. The quantitative estimate of drug-likeness (QED) is 0.311. The van der Waals surface area contributed by atoms with Crippen molar-refractivity contribution in [1.82, 2.24) is 9.21 Å².